The number of nitrogens with two attached hydrogens (primary N) is 1. The van der Waals surface area contributed by atoms with Crippen molar-refractivity contribution in [3.63, 3.8) is 0 Å². The summed E-state index contributed by atoms with van der Waals surface area (Å²) in [7, 11) is -3.76. The van der Waals surface area contributed by atoms with E-state index in [0.717, 1.165) is 6.07 Å². The van der Waals surface area contributed by atoms with Crippen molar-refractivity contribution in [2.45, 2.75) is 17.7 Å². The van der Waals surface area contributed by atoms with Crippen molar-refractivity contribution in [3.8, 4) is 0 Å². The van der Waals surface area contributed by atoms with Crippen LogP contribution in [-0.4, -0.2) is 36.9 Å². The third-order valence-corrected chi connectivity index (χ3v) is 5.21. The van der Waals surface area contributed by atoms with Gasteiger partial charge in [0.25, 0.3) is 0 Å². The zero-order valence-electron chi connectivity index (χ0n) is 10.7. The van der Waals surface area contributed by atoms with Crippen LogP contribution in [0.4, 0.5) is 4.39 Å². The second-order valence-corrected chi connectivity index (χ2v) is 6.62. The highest BCUT2D eigenvalue weighted by Crippen LogP contribution is 2.24. The summed E-state index contributed by atoms with van der Waals surface area (Å²) in [6, 6.07) is 4.88. The number of piperidine rings is 1. The molecular formula is C12H16FN3O3S. The predicted molar refractivity (Wildman–Crippen MR) is 71.3 cm³/mol. The summed E-state index contributed by atoms with van der Waals surface area (Å²) in [5.74, 6) is -0.905. The van der Waals surface area contributed by atoms with Gasteiger partial charge in [0, 0.05) is 19.0 Å². The fourth-order valence-electron chi connectivity index (χ4n) is 2.26. The Labute approximate surface area is 116 Å². The van der Waals surface area contributed by atoms with Gasteiger partial charge in [-0.2, -0.15) is 4.31 Å². The first kappa shape index (κ1) is 14.7. The minimum atomic E-state index is -3.76. The first-order valence-corrected chi connectivity index (χ1v) is 7.62. The van der Waals surface area contributed by atoms with Gasteiger partial charge in [-0.3, -0.25) is 0 Å². The molecule has 1 aliphatic heterocycles. The Balaban J connectivity index is 2.26. The maximum absolute atomic E-state index is 13.2. The van der Waals surface area contributed by atoms with Gasteiger partial charge in [-0.05, 0) is 31.0 Å². The maximum atomic E-state index is 13.2. The van der Waals surface area contributed by atoms with Gasteiger partial charge >= 0.3 is 0 Å². The maximum Gasteiger partial charge on any atom is 0.243 e. The molecule has 1 saturated heterocycles. The SMILES string of the molecule is NC(=NO)C1CCCN(S(=O)(=O)c2cccc(F)c2)C1. The second kappa shape index (κ2) is 5.76. The molecule has 0 aromatic heterocycles. The average molecular weight is 301 g/mol. The lowest BCUT2D eigenvalue weighted by molar-refractivity contribution is 0.287. The molecule has 0 bridgehead atoms. The number of rotatable bonds is 3. The molecule has 1 unspecified atom stereocenters. The van der Waals surface area contributed by atoms with E-state index in [0.29, 0.717) is 19.4 Å². The molecule has 0 aliphatic carbocycles. The standard InChI is InChI=1S/C12H16FN3O3S/c13-10-4-1-5-11(7-10)20(18,19)16-6-2-3-9(8-16)12(14)15-17/h1,4-5,7,9,17H,2-3,6,8H2,(H2,14,15). The van der Waals surface area contributed by atoms with Gasteiger partial charge in [0.15, 0.2) is 0 Å². The Bertz CT molecular complexity index is 618. The highest BCUT2D eigenvalue weighted by molar-refractivity contribution is 7.89. The van der Waals surface area contributed by atoms with Crippen LogP contribution in [0.15, 0.2) is 34.3 Å². The number of nitrogens with zero attached hydrogens (tertiary/aromatic N) is 2. The van der Waals surface area contributed by atoms with E-state index in [-0.39, 0.29) is 23.2 Å². The number of benzene rings is 1. The summed E-state index contributed by atoms with van der Waals surface area (Å²) in [5.41, 5.74) is 5.53. The molecule has 110 valence electrons. The van der Waals surface area contributed by atoms with Crippen molar-refractivity contribution in [3.05, 3.63) is 30.1 Å². The number of amidine groups is 1. The lowest BCUT2D eigenvalue weighted by atomic mass is 9.99. The van der Waals surface area contributed by atoms with Crippen LogP contribution in [0.1, 0.15) is 12.8 Å². The summed E-state index contributed by atoms with van der Waals surface area (Å²) < 4.78 is 39.2. The van der Waals surface area contributed by atoms with Gasteiger partial charge in [-0.1, -0.05) is 11.2 Å². The molecule has 1 aromatic carbocycles. The Morgan fingerprint density at radius 2 is 2.25 bits per heavy atom. The number of halogens is 1. The summed E-state index contributed by atoms with van der Waals surface area (Å²) in [4.78, 5) is -0.0855. The van der Waals surface area contributed by atoms with Crippen LogP contribution in [-0.2, 0) is 10.0 Å². The van der Waals surface area contributed by atoms with E-state index < -0.39 is 15.8 Å². The molecule has 20 heavy (non-hydrogen) atoms. The lowest BCUT2D eigenvalue weighted by Crippen LogP contribution is -2.44. The van der Waals surface area contributed by atoms with E-state index in [9.17, 15) is 12.8 Å². The minimum absolute atomic E-state index is 0.0177. The van der Waals surface area contributed by atoms with Crippen LogP contribution >= 0.6 is 0 Å². The van der Waals surface area contributed by atoms with Crippen LogP contribution < -0.4 is 5.73 Å². The van der Waals surface area contributed by atoms with Crippen molar-refractivity contribution in [2.75, 3.05) is 13.1 Å². The van der Waals surface area contributed by atoms with Crippen LogP contribution in [0.3, 0.4) is 0 Å². The van der Waals surface area contributed by atoms with Gasteiger partial charge in [0.2, 0.25) is 10.0 Å². The van der Waals surface area contributed by atoms with Crippen molar-refractivity contribution in [2.24, 2.45) is 16.8 Å². The van der Waals surface area contributed by atoms with E-state index in [1.54, 1.807) is 0 Å². The Hall–Kier alpha value is -1.67. The molecule has 1 aliphatic rings. The van der Waals surface area contributed by atoms with E-state index >= 15 is 0 Å². The van der Waals surface area contributed by atoms with Crippen LogP contribution in [0, 0.1) is 11.7 Å². The highest BCUT2D eigenvalue weighted by Gasteiger charge is 2.32. The molecule has 1 fully saturated rings. The van der Waals surface area contributed by atoms with Crippen molar-refractivity contribution in [1.29, 1.82) is 0 Å². The zero-order chi connectivity index (χ0) is 14.8. The molecule has 6 nitrogen and oxygen atoms in total. The quantitative estimate of drug-likeness (QED) is 0.376. The third-order valence-electron chi connectivity index (χ3n) is 3.35. The summed E-state index contributed by atoms with van der Waals surface area (Å²) >= 11 is 0. The smallest absolute Gasteiger partial charge is 0.243 e. The minimum Gasteiger partial charge on any atom is -0.409 e. The molecule has 0 spiro atoms. The summed E-state index contributed by atoms with van der Waals surface area (Å²) in [6.07, 6.45) is 1.26. The van der Waals surface area contributed by atoms with Gasteiger partial charge in [0.1, 0.15) is 11.7 Å². The second-order valence-electron chi connectivity index (χ2n) is 4.68. The van der Waals surface area contributed by atoms with E-state index in [2.05, 4.69) is 5.16 Å². The molecule has 0 radical (unpaired) electrons. The highest BCUT2D eigenvalue weighted by atomic mass is 32.2. The Morgan fingerprint density at radius 1 is 1.50 bits per heavy atom. The first-order valence-electron chi connectivity index (χ1n) is 6.18. The summed E-state index contributed by atoms with van der Waals surface area (Å²) in [5, 5.41) is 11.6. The molecule has 1 heterocycles. The van der Waals surface area contributed by atoms with Gasteiger partial charge in [0.05, 0.1) is 4.90 Å². The largest absolute Gasteiger partial charge is 0.409 e. The number of hydrogen-bond acceptors (Lipinski definition) is 4. The number of hydrogen-bond donors (Lipinski definition) is 2. The monoisotopic (exact) mass is 301 g/mol. The molecule has 8 heteroatoms. The molecular weight excluding hydrogens is 285 g/mol. The lowest BCUT2D eigenvalue weighted by Gasteiger charge is -2.31. The van der Waals surface area contributed by atoms with E-state index in [1.165, 1.54) is 22.5 Å². The first-order chi connectivity index (χ1) is 9.45. The Morgan fingerprint density at radius 3 is 2.90 bits per heavy atom. The number of sulfonamides is 1. The van der Waals surface area contributed by atoms with E-state index in [1.807, 2.05) is 0 Å². The predicted octanol–water partition coefficient (Wildman–Crippen LogP) is 0.973. The van der Waals surface area contributed by atoms with Crippen LogP contribution in [0.25, 0.3) is 0 Å². The van der Waals surface area contributed by atoms with Crippen molar-refractivity contribution in [1.82, 2.24) is 4.31 Å². The normalized spacial score (nSPS) is 21.9. The van der Waals surface area contributed by atoms with Gasteiger partial charge in [-0.25, -0.2) is 12.8 Å². The topological polar surface area (TPSA) is 96.0 Å². The van der Waals surface area contributed by atoms with Gasteiger partial charge in [-0.15, -0.1) is 0 Å². The van der Waals surface area contributed by atoms with Crippen LogP contribution in [0.5, 0.6) is 0 Å². The zero-order valence-corrected chi connectivity index (χ0v) is 11.6. The average Bonchev–Trinajstić information content (AvgIpc) is 2.46. The molecule has 0 saturated carbocycles. The fourth-order valence-corrected chi connectivity index (χ4v) is 3.82. The van der Waals surface area contributed by atoms with Crippen LogP contribution in [0.2, 0.25) is 0 Å². The number of oxime groups is 1. The van der Waals surface area contributed by atoms with E-state index in [4.69, 9.17) is 10.9 Å². The molecule has 1 aromatic rings. The van der Waals surface area contributed by atoms with Crippen molar-refractivity contribution >= 4 is 15.9 Å². The molecule has 3 N–H and O–H groups in total. The summed E-state index contributed by atoms with van der Waals surface area (Å²) in [6.45, 7) is 0.475. The fraction of sp³-hybridized carbons (Fsp3) is 0.417. The molecule has 0 amide bonds. The molecule has 1 atom stereocenters. The Kier molecular flexibility index (Phi) is 4.24. The van der Waals surface area contributed by atoms with Gasteiger partial charge < -0.3 is 10.9 Å². The molecule has 2 rings (SSSR count). The van der Waals surface area contributed by atoms with Crippen molar-refractivity contribution < 1.29 is 18.0 Å². The third kappa shape index (κ3) is 2.91.